The van der Waals surface area contributed by atoms with E-state index in [1.807, 2.05) is 36.6 Å². The van der Waals surface area contributed by atoms with Crippen molar-refractivity contribution in [2.45, 2.75) is 6.92 Å². The Morgan fingerprint density at radius 1 is 1.33 bits per heavy atom. The zero-order chi connectivity index (χ0) is 10.7. The van der Waals surface area contributed by atoms with Crippen LogP contribution in [0, 0.1) is 0 Å². The van der Waals surface area contributed by atoms with Gasteiger partial charge >= 0.3 is 5.13 Å². The lowest BCUT2D eigenvalue weighted by molar-refractivity contribution is -0.340. The minimum Gasteiger partial charge on any atom is -0.494 e. The molecule has 2 rings (SSSR count). The fraction of sp³-hybridized carbons (Fsp3) is 0.182. The highest BCUT2D eigenvalue weighted by Crippen LogP contribution is 2.21. The van der Waals surface area contributed by atoms with Crippen molar-refractivity contribution in [2.75, 3.05) is 12.3 Å². The van der Waals surface area contributed by atoms with Gasteiger partial charge in [0.15, 0.2) is 0 Å². The van der Waals surface area contributed by atoms with E-state index >= 15 is 0 Å². The third-order valence-corrected chi connectivity index (χ3v) is 2.75. The summed E-state index contributed by atoms with van der Waals surface area (Å²) in [5, 5.41) is 2.73. The van der Waals surface area contributed by atoms with Gasteiger partial charge in [0.1, 0.15) is 11.4 Å². The van der Waals surface area contributed by atoms with Crippen molar-refractivity contribution in [3.05, 3.63) is 29.6 Å². The molecule has 4 heteroatoms. The third kappa shape index (κ3) is 2.27. The summed E-state index contributed by atoms with van der Waals surface area (Å²) >= 11 is 1.50. The van der Waals surface area contributed by atoms with Crippen LogP contribution in [0.25, 0.3) is 11.3 Å². The van der Waals surface area contributed by atoms with Gasteiger partial charge in [-0.2, -0.15) is 0 Å². The average molecular weight is 221 g/mol. The second-order valence-electron chi connectivity index (χ2n) is 3.10. The smallest absolute Gasteiger partial charge is 0.329 e. The third-order valence-electron chi connectivity index (χ3n) is 2.04. The molecule has 1 aromatic heterocycles. The summed E-state index contributed by atoms with van der Waals surface area (Å²) in [6, 6.07) is 7.95. The molecule has 3 N–H and O–H groups in total. The molecule has 15 heavy (non-hydrogen) atoms. The molecule has 0 amide bonds. The maximum Gasteiger partial charge on any atom is 0.329 e. The summed E-state index contributed by atoms with van der Waals surface area (Å²) in [5.41, 5.74) is 7.79. The molecule has 0 atom stereocenters. The zero-order valence-electron chi connectivity index (χ0n) is 8.49. The number of ether oxygens (including phenoxy) is 1. The average Bonchev–Trinajstić information content (AvgIpc) is 2.67. The largest absolute Gasteiger partial charge is 0.494 e. The number of aromatic nitrogens is 1. The van der Waals surface area contributed by atoms with E-state index in [-0.39, 0.29) is 0 Å². The van der Waals surface area contributed by atoms with Gasteiger partial charge in [-0.15, -0.1) is 0 Å². The number of nitrogens with one attached hydrogen (secondary N) is 1. The van der Waals surface area contributed by atoms with Crippen molar-refractivity contribution in [3.8, 4) is 17.0 Å². The number of nitrogens with two attached hydrogens (primary N) is 1. The SMILES string of the molecule is CCOc1ccc(-c2csc(N)[nH+]2)cc1. The van der Waals surface area contributed by atoms with Gasteiger partial charge in [-0.25, -0.2) is 4.98 Å². The number of nitrogen functional groups attached to an aromatic ring is 1. The van der Waals surface area contributed by atoms with Gasteiger partial charge in [0.05, 0.1) is 6.61 Å². The zero-order valence-corrected chi connectivity index (χ0v) is 9.30. The first-order valence-corrected chi connectivity index (χ1v) is 5.67. The first kappa shape index (κ1) is 9.98. The topological polar surface area (TPSA) is 49.4 Å². The van der Waals surface area contributed by atoms with E-state index in [4.69, 9.17) is 10.5 Å². The minimum atomic E-state index is 0.691. The van der Waals surface area contributed by atoms with E-state index in [9.17, 15) is 0 Å². The number of H-pyrrole nitrogens is 1. The Kier molecular flexibility index (Phi) is 2.87. The molecule has 2 aromatic rings. The Hall–Kier alpha value is -1.55. The number of thiazole rings is 1. The van der Waals surface area contributed by atoms with Crippen molar-refractivity contribution in [2.24, 2.45) is 0 Å². The molecule has 0 unspecified atom stereocenters. The second kappa shape index (κ2) is 4.31. The molecule has 1 aromatic carbocycles. The fourth-order valence-electron chi connectivity index (χ4n) is 1.35. The molecule has 0 fully saturated rings. The molecule has 3 nitrogen and oxygen atoms in total. The van der Waals surface area contributed by atoms with Gasteiger partial charge in [-0.1, -0.05) is 11.3 Å². The van der Waals surface area contributed by atoms with Crippen LogP contribution in [0.3, 0.4) is 0 Å². The maximum atomic E-state index is 5.63. The number of rotatable bonds is 3. The van der Waals surface area contributed by atoms with Crippen molar-refractivity contribution in [1.29, 1.82) is 0 Å². The van der Waals surface area contributed by atoms with Crippen LogP contribution >= 0.6 is 11.3 Å². The van der Waals surface area contributed by atoms with E-state index in [1.165, 1.54) is 11.3 Å². The molecule has 0 spiro atoms. The summed E-state index contributed by atoms with van der Waals surface area (Å²) in [6.07, 6.45) is 0. The number of benzene rings is 1. The Morgan fingerprint density at radius 2 is 2.07 bits per heavy atom. The van der Waals surface area contributed by atoms with Gasteiger partial charge in [-0.3, -0.25) is 5.73 Å². The summed E-state index contributed by atoms with van der Waals surface area (Å²) < 4.78 is 5.37. The Bertz CT molecular complexity index is 436. The summed E-state index contributed by atoms with van der Waals surface area (Å²) in [5.74, 6) is 0.893. The van der Waals surface area contributed by atoms with Gasteiger partial charge in [0, 0.05) is 10.9 Å². The van der Waals surface area contributed by atoms with Crippen molar-refractivity contribution < 1.29 is 9.72 Å². The van der Waals surface area contributed by atoms with E-state index in [0.29, 0.717) is 6.61 Å². The Morgan fingerprint density at radius 3 is 2.60 bits per heavy atom. The first-order chi connectivity index (χ1) is 7.29. The second-order valence-corrected chi connectivity index (χ2v) is 4.01. The molecule has 0 saturated carbocycles. The fourth-order valence-corrected chi connectivity index (χ4v) is 1.96. The van der Waals surface area contributed by atoms with Crippen molar-refractivity contribution >= 4 is 16.5 Å². The van der Waals surface area contributed by atoms with Crippen LogP contribution < -0.4 is 15.5 Å². The molecular formula is C11H13N2OS+. The monoisotopic (exact) mass is 221 g/mol. The molecular weight excluding hydrogens is 208 g/mol. The van der Waals surface area contributed by atoms with Gasteiger partial charge in [0.2, 0.25) is 0 Å². The lowest BCUT2D eigenvalue weighted by Crippen LogP contribution is -2.06. The lowest BCUT2D eigenvalue weighted by atomic mass is 10.2. The number of hydrogen-bond acceptors (Lipinski definition) is 3. The van der Waals surface area contributed by atoms with Crippen LogP contribution in [-0.4, -0.2) is 6.61 Å². The van der Waals surface area contributed by atoms with Gasteiger partial charge in [0.25, 0.3) is 0 Å². The number of anilines is 1. The number of hydrogen-bond donors (Lipinski definition) is 1. The van der Waals surface area contributed by atoms with Gasteiger partial charge < -0.3 is 4.74 Å². The molecule has 0 aliphatic heterocycles. The highest BCUT2D eigenvalue weighted by molar-refractivity contribution is 7.13. The number of aromatic amines is 1. The van der Waals surface area contributed by atoms with Crippen LogP contribution in [0.4, 0.5) is 5.13 Å². The standard InChI is InChI=1S/C11H12N2OS/c1-2-14-9-5-3-8(4-6-9)10-7-15-11(12)13-10/h3-7H,2H2,1H3,(H2,12,13)/p+1. The molecule has 0 aliphatic rings. The van der Waals surface area contributed by atoms with E-state index in [1.54, 1.807) is 0 Å². The summed E-state index contributed by atoms with van der Waals surface area (Å²) in [6.45, 7) is 2.66. The van der Waals surface area contributed by atoms with Crippen molar-refractivity contribution in [3.63, 3.8) is 0 Å². The van der Waals surface area contributed by atoms with E-state index < -0.39 is 0 Å². The van der Waals surface area contributed by atoms with E-state index in [2.05, 4.69) is 4.98 Å². The molecule has 78 valence electrons. The molecule has 1 heterocycles. The van der Waals surface area contributed by atoms with Crippen LogP contribution in [0.15, 0.2) is 29.6 Å². The van der Waals surface area contributed by atoms with Crippen LogP contribution in [0.5, 0.6) is 5.75 Å². The predicted molar refractivity (Wildman–Crippen MR) is 61.9 cm³/mol. The Labute approximate surface area is 92.5 Å². The molecule has 0 radical (unpaired) electrons. The molecule has 0 saturated heterocycles. The highest BCUT2D eigenvalue weighted by atomic mass is 32.1. The van der Waals surface area contributed by atoms with Crippen molar-refractivity contribution in [1.82, 2.24) is 0 Å². The maximum absolute atomic E-state index is 5.63. The summed E-state index contributed by atoms with van der Waals surface area (Å²) in [7, 11) is 0. The minimum absolute atomic E-state index is 0.691. The quantitative estimate of drug-likeness (QED) is 0.863. The van der Waals surface area contributed by atoms with Crippen LogP contribution in [0.1, 0.15) is 6.92 Å². The summed E-state index contributed by atoms with van der Waals surface area (Å²) in [4.78, 5) is 3.10. The normalized spacial score (nSPS) is 10.2. The lowest BCUT2D eigenvalue weighted by Gasteiger charge is -2.02. The molecule has 0 bridgehead atoms. The van der Waals surface area contributed by atoms with Gasteiger partial charge in [-0.05, 0) is 31.2 Å². The first-order valence-electron chi connectivity index (χ1n) is 4.79. The van der Waals surface area contributed by atoms with Crippen LogP contribution in [0.2, 0.25) is 0 Å². The molecule has 0 aliphatic carbocycles. The predicted octanol–water partition coefficient (Wildman–Crippen LogP) is 2.21. The van der Waals surface area contributed by atoms with Crippen LogP contribution in [-0.2, 0) is 0 Å². The van der Waals surface area contributed by atoms with E-state index in [0.717, 1.165) is 22.1 Å². The Balaban J connectivity index is 2.23. The highest BCUT2D eigenvalue weighted by Gasteiger charge is 2.05.